The Hall–Kier alpha value is -0.220. The van der Waals surface area contributed by atoms with Gasteiger partial charge in [-0.15, -0.1) is 11.8 Å². The first-order valence-corrected chi connectivity index (χ1v) is 8.37. The molecule has 2 N–H and O–H groups in total. The molecular weight excluding hydrogens is 278 g/mol. The van der Waals surface area contributed by atoms with Crippen molar-refractivity contribution in [2.24, 2.45) is 5.73 Å². The highest BCUT2D eigenvalue weighted by molar-refractivity contribution is 7.99. The van der Waals surface area contributed by atoms with Gasteiger partial charge in [-0.3, -0.25) is 0 Å². The minimum absolute atomic E-state index is 0.157. The highest BCUT2D eigenvalue weighted by Crippen LogP contribution is 2.35. The van der Waals surface area contributed by atoms with Crippen molar-refractivity contribution in [3.05, 3.63) is 34.9 Å². The molecule has 0 radical (unpaired) electrons. The molecule has 0 spiro atoms. The summed E-state index contributed by atoms with van der Waals surface area (Å²) in [5.41, 5.74) is 7.51. The molecule has 1 aromatic rings. The molecule has 19 heavy (non-hydrogen) atoms. The highest BCUT2D eigenvalue weighted by atomic mass is 35.5. The van der Waals surface area contributed by atoms with Crippen LogP contribution in [0.4, 0.5) is 0 Å². The van der Waals surface area contributed by atoms with Crippen molar-refractivity contribution in [2.45, 2.75) is 43.6 Å². The van der Waals surface area contributed by atoms with Crippen molar-refractivity contribution in [2.75, 3.05) is 12.4 Å². The van der Waals surface area contributed by atoms with Crippen molar-refractivity contribution in [1.29, 1.82) is 0 Å². The van der Waals surface area contributed by atoms with Gasteiger partial charge in [0.25, 0.3) is 0 Å². The first-order chi connectivity index (χ1) is 9.20. The molecule has 0 amide bonds. The first kappa shape index (κ1) is 15.2. The van der Waals surface area contributed by atoms with Crippen LogP contribution in [0.15, 0.2) is 24.3 Å². The molecule has 1 aromatic carbocycles. The average molecular weight is 300 g/mol. The van der Waals surface area contributed by atoms with Crippen molar-refractivity contribution in [3.63, 3.8) is 0 Å². The van der Waals surface area contributed by atoms with Gasteiger partial charge in [-0.2, -0.15) is 0 Å². The Morgan fingerprint density at radius 2 is 2.37 bits per heavy atom. The lowest BCUT2D eigenvalue weighted by atomic mass is 10.0. The summed E-state index contributed by atoms with van der Waals surface area (Å²) >= 11 is 7.99. The first-order valence-electron chi connectivity index (χ1n) is 6.95. The van der Waals surface area contributed by atoms with Crippen LogP contribution in [-0.2, 0) is 4.74 Å². The van der Waals surface area contributed by atoms with Gasteiger partial charge in [0.1, 0.15) is 0 Å². The van der Waals surface area contributed by atoms with Crippen LogP contribution < -0.4 is 5.73 Å². The third-order valence-corrected chi connectivity index (χ3v) is 5.30. The van der Waals surface area contributed by atoms with E-state index < -0.39 is 0 Å². The fourth-order valence-electron chi connectivity index (χ4n) is 2.35. The van der Waals surface area contributed by atoms with Crippen LogP contribution in [0.1, 0.15) is 37.0 Å². The predicted octanol–water partition coefficient (Wildman–Crippen LogP) is 4.03. The van der Waals surface area contributed by atoms with Crippen molar-refractivity contribution < 1.29 is 4.74 Å². The Labute approximate surface area is 125 Å². The summed E-state index contributed by atoms with van der Waals surface area (Å²) in [5.74, 6) is 1.02. The molecule has 1 aliphatic rings. The third-order valence-electron chi connectivity index (χ3n) is 3.52. The predicted molar refractivity (Wildman–Crippen MR) is 83.9 cm³/mol. The van der Waals surface area contributed by atoms with Crippen LogP contribution in [-0.4, -0.2) is 24.5 Å². The fourth-order valence-corrected chi connectivity index (χ4v) is 4.01. The normalized spacial score (nSPS) is 22.4. The van der Waals surface area contributed by atoms with Gasteiger partial charge >= 0.3 is 0 Å². The van der Waals surface area contributed by atoms with Crippen LogP contribution in [0.25, 0.3) is 0 Å². The van der Waals surface area contributed by atoms with Gasteiger partial charge in [0.15, 0.2) is 0 Å². The van der Waals surface area contributed by atoms with E-state index in [0.717, 1.165) is 23.8 Å². The molecular formula is C15H22ClNOS. The molecule has 0 saturated carbocycles. The topological polar surface area (TPSA) is 35.2 Å². The summed E-state index contributed by atoms with van der Waals surface area (Å²) in [4.78, 5) is 0. The molecule has 3 unspecified atom stereocenters. The summed E-state index contributed by atoms with van der Waals surface area (Å²) < 4.78 is 5.69. The van der Waals surface area contributed by atoms with Gasteiger partial charge in [0.2, 0.25) is 0 Å². The molecule has 1 fully saturated rings. The van der Waals surface area contributed by atoms with Crippen LogP contribution in [0.3, 0.4) is 0 Å². The van der Waals surface area contributed by atoms with Crippen LogP contribution in [0.2, 0.25) is 5.02 Å². The number of thioether (sulfide) groups is 1. The second kappa shape index (κ2) is 7.53. The summed E-state index contributed by atoms with van der Waals surface area (Å²) in [6.07, 6.45) is 3.73. The lowest BCUT2D eigenvalue weighted by Gasteiger charge is -2.24. The van der Waals surface area contributed by atoms with E-state index in [2.05, 4.69) is 13.0 Å². The Bertz CT molecular complexity index is 395. The fraction of sp³-hybridized carbons (Fsp3) is 0.600. The van der Waals surface area contributed by atoms with Crippen molar-refractivity contribution >= 4 is 23.4 Å². The monoisotopic (exact) mass is 299 g/mol. The Kier molecular flexibility index (Phi) is 6.02. The largest absolute Gasteiger partial charge is 0.377 e. The molecule has 106 valence electrons. The van der Waals surface area contributed by atoms with Crippen LogP contribution in [0.5, 0.6) is 0 Å². The molecule has 2 rings (SSSR count). The van der Waals surface area contributed by atoms with E-state index in [1.54, 1.807) is 0 Å². The Morgan fingerprint density at radius 1 is 1.53 bits per heavy atom. The van der Waals surface area contributed by atoms with Gasteiger partial charge in [0.05, 0.1) is 6.10 Å². The maximum Gasteiger partial charge on any atom is 0.0666 e. The van der Waals surface area contributed by atoms with Gasteiger partial charge in [0, 0.05) is 28.7 Å². The number of benzene rings is 1. The van der Waals surface area contributed by atoms with Gasteiger partial charge in [-0.1, -0.05) is 30.7 Å². The highest BCUT2D eigenvalue weighted by Gasteiger charge is 2.23. The van der Waals surface area contributed by atoms with Gasteiger partial charge in [-0.05, 0) is 37.0 Å². The molecule has 1 heterocycles. The van der Waals surface area contributed by atoms with E-state index in [9.17, 15) is 0 Å². The Balaban J connectivity index is 2.02. The van der Waals surface area contributed by atoms with E-state index in [4.69, 9.17) is 22.1 Å². The smallest absolute Gasteiger partial charge is 0.0666 e. The number of hydrogen-bond donors (Lipinski definition) is 1. The van der Waals surface area contributed by atoms with E-state index in [0.29, 0.717) is 11.4 Å². The third kappa shape index (κ3) is 4.38. The standard InChI is InChI=1S/C15H22ClNOS/c1-2-14(17)15(11-5-3-6-12(16)9-11)19-10-13-7-4-8-18-13/h3,5-6,9,13-15H,2,4,7-8,10,17H2,1H3. The SMILES string of the molecule is CCC(N)C(SCC1CCCO1)c1cccc(Cl)c1. The number of halogens is 1. The zero-order valence-corrected chi connectivity index (χ0v) is 12.9. The van der Waals surface area contributed by atoms with E-state index >= 15 is 0 Å². The summed E-state index contributed by atoms with van der Waals surface area (Å²) in [7, 11) is 0. The maximum absolute atomic E-state index is 6.28. The molecule has 3 atom stereocenters. The molecule has 1 saturated heterocycles. The number of hydrogen-bond acceptors (Lipinski definition) is 3. The summed E-state index contributed by atoms with van der Waals surface area (Å²) in [6.45, 7) is 3.04. The molecule has 4 heteroatoms. The number of nitrogens with two attached hydrogens (primary N) is 1. The van der Waals surface area contributed by atoms with E-state index in [1.165, 1.54) is 18.4 Å². The van der Waals surface area contributed by atoms with Gasteiger partial charge in [-0.25, -0.2) is 0 Å². The van der Waals surface area contributed by atoms with E-state index in [-0.39, 0.29) is 6.04 Å². The van der Waals surface area contributed by atoms with E-state index in [1.807, 2.05) is 30.0 Å². The maximum atomic E-state index is 6.28. The second-order valence-corrected chi connectivity index (χ2v) is 6.63. The van der Waals surface area contributed by atoms with Crippen LogP contribution in [0, 0.1) is 0 Å². The quantitative estimate of drug-likeness (QED) is 0.861. The number of ether oxygens (including phenoxy) is 1. The minimum Gasteiger partial charge on any atom is -0.377 e. The average Bonchev–Trinajstić information content (AvgIpc) is 2.92. The summed E-state index contributed by atoms with van der Waals surface area (Å²) in [5, 5.41) is 1.08. The summed E-state index contributed by atoms with van der Waals surface area (Å²) in [6, 6.07) is 8.22. The van der Waals surface area contributed by atoms with Gasteiger partial charge < -0.3 is 10.5 Å². The number of rotatable bonds is 6. The minimum atomic E-state index is 0.157. The lowest BCUT2D eigenvalue weighted by molar-refractivity contribution is 0.128. The second-order valence-electron chi connectivity index (χ2n) is 5.02. The molecule has 2 nitrogen and oxygen atoms in total. The van der Waals surface area contributed by atoms with Crippen LogP contribution >= 0.6 is 23.4 Å². The molecule has 1 aliphatic heterocycles. The lowest BCUT2D eigenvalue weighted by Crippen LogP contribution is -2.27. The molecule has 0 aromatic heterocycles. The molecule has 0 aliphatic carbocycles. The zero-order valence-electron chi connectivity index (χ0n) is 11.3. The van der Waals surface area contributed by atoms with Crippen molar-refractivity contribution in [1.82, 2.24) is 0 Å². The zero-order chi connectivity index (χ0) is 13.7. The van der Waals surface area contributed by atoms with Crippen molar-refractivity contribution in [3.8, 4) is 0 Å². The Morgan fingerprint density at radius 3 is 3.00 bits per heavy atom. The molecule has 0 bridgehead atoms.